The van der Waals surface area contributed by atoms with Gasteiger partial charge in [-0.1, -0.05) is 23.7 Å². The van der Waals surface area contributed by atoms with Gasteiger partial charge < -0.3 is 15.4 Å². The number of anilines is 1. The van der Waals surface area contributed by atoms with Crippen molar-refractivity contribution in [3.63, 3.8) is 0 Å². The van der Waals surface area contributed by atoms with Crippen molar-refractivity contribution < 1.29 is 9.53 Å². The van der Waals surface area contributed by atoms with Crippen LogP contribution in [0.25, 0.3) is 0 Å². The zero-order valence-electron chi connectivity index (χ0n) is 11.1. The summed E-state index contributed by atoms with van der Waals surface area (Å²) in [4.78, 5) is 11.7. The zero-order chi connectivity index (χ0) is 15.1. The Labute approximate surface area is 136 Å². The lowest BCUT2D eigenvalue weighted by molar-refractivity contribution is 0.247. The SMILES string of the molecule is O=C(NCCOc1ccccc1Br)Nc1ccc(Cl)cc1. The summed E-state index contributed by atoms with van der Waals surface area (Å²) in [6.07, 6.45) is 0. The molecule has 0 aliphatic carbocycles. The molecule has 0 aromatic heterocycles. The maximum absolute atomic E-state index is 11.7. The van der Waals surface area contributed by atoms with Crippen LogP contribution in [0.1, 0.15) is 0 Å². The molecule has 2 aromatic rings. The predicted octanol–water partition coefficient (Wildman–Crippen LogP) is 4.30. The van der Waals surface area contributed by atoms with Crippen molar-refractivity contribution in [2.45, 2.75) is 0 Å². The van der Waals surface area contributed by atoms with Crippen molar-refractivity contribution in [3.05, 3.63) is 58.0 Å². The van der Waals surface area contributed by atoms with Crippen LogP contribution in [0.3, 0.4) is 0 Å². The number of hydrogen-bond donors (Lipinski definition) is 2. The number of carbonyl (C=O) groups excluding carboxylic acids is 1. The molecule has 0 spiro atoms. The number of rotatable bonds is 5. The molecular formula is C15H14BrClN2O2. The van der Waals surface area contributed by atoms with Crippen molar-refractivity contribution in [1.82, 2.24) is 5.32 Å². The van der Waals surface area contributed by atoms with Gasteiger partial charge in [0.05, 0.1) is 11.0 Å². The summed E-state index contributed by atoms with van der Waals surface area (Å²) < 4.78 is 6.43. The fourth-order valence-electron chi connectivity index (χ4n) is 1.60. The van der Waals surface area contributed by atoms with Gasteiger partial charge in [-0.05, 0) is 52.3 Å². The zero-order valence-corrected chi connectivity index (χ0v) is 13.4. The Bertz CT molecular complexity index is 605. The van der Waals surface area contributed by atoms with Gasteiger partial charge in [0.25, 0.3) is 0 Å². The quantitative estimate of drug-likeness (QED) is 0.772. The molecule has 4 nitrogen and oxygen atoms in total. The van der Waals surface area contributed by atoms with Crippen molar-refractivity contribution in [2.24, 2.45) is 0 Å². The molecule has 0 saturated heterocycles. The number of ether oxygens (including phenoxy) is 1. The van der Waals surface area contributed by atoms with E-state index in [2.05, 4.69) is 26.6 Å². The molecule has 110 valence electrons. The van der Waals surface area contributed by atoms with Crippen LogP contribution >= 0.6 is 27.5 Å². The number of hydrogen-bond acceptors (Lipinski definition) is 2. The molecule has 2 rings (SSSR count). The number of halogens is 2. The number of benzene rings is 2. The van der Waals surface area contributed by atoms with Gasteiger partial charge in [0.1, 0.15) is 12.4 Å². The monoisotopic (exact) mass is 368 g/mol. The smallest absolute Gasteiger partial charge is 0.319 e. The molecule has 2 amide bonds. The van der Waals surface area contributed by atoms with Crippen LogP contribution in [0.4, 0.5) is 10.5 Å². The third-order valence-corrected chi connectivity index (χ3v) is 3.49. The number of nitrogens with one attached hydrogen (secondary N) is 2. The molecule has 0 aliphatic heterocycles. The average Bonchev–Trinajstić information content (AvgIpc) is 2.48. The van der Waals surface area contributed by atoms with Crippen molar-refractivity contribution >= 4 is 39.2 Å². The van der Waals surface area contributed by atoms with Crippen LogP contribution in [0.15, 0.2) is 53.0 Å². The second-order valence-corrected chi connectivity index (χ2v) is 5.46. The third kappa shape index (κ3) is 5.28. The first-order valence-electron chi connectivity index (χ1n) is 6.33. The summed E-state index contributed by atoms with van der Waals surface area (Å²) in [6.45, 7) is 0.789. The van der Waals surface area contributed by atoms with E-state index in [0.29, 0.717) is 23.9 Å². The number of urea groups is 1. The molecule has 0 heterocycles. The summed E-state index contributed by atoms with van der Waals surface area (Å²) >= 11 is 9.16. The van der Waals surface area contributed by atoms with Gasteiger partial charge in [0.2, 0.25) is 0 Å². The maximum atomic E-state index is 11.7. The summed E-state index contributed by atoms with van der Waals surface area (Å²) in [5.74, 6) is 0.748. The highest BCUT2D eigenvalue weighted by molar-refractivity contribution is 9.10. The standard InChI is InChI=1S/C15H14BrClN2O2/c16-13-3-1-2-4-14(13)21-10-9-18-15(20)19-12-7-5-11(17)6-8-12/h1-8H,9-10H2,(H2,18,19,20). The molecule has 2 aromatic carbocycles. The largest absolute Gasteiger partial charge is 0.491 e. The maximum Gasteiger partial charge on any atom is 0.319 e. The van der Waals surface area contributed by atoms with E-state index in [4.69, 9.17) is 16.3 Å². The van der Waals surface area contributed by atoms with Gasteiger partial charge in [-0.25, -0.2) is 4.79 Å². The topological polar surface area (TPSA) is 50.4 Å². The van der Waals surface area contributed by atoms with E-state index in [1.807, 2.05) is 24.3 Å². The summed E-state index contributed by atoms with van der Waals surface area (Å²) in [5.41, 5.74) is 0.684. The molecule has 21 heavy (non-hydrogen) atoms. The highest BCUT2D eigenvalue weighted by Crippen LogP contribution is 2.23. The van der Waals surface area contributed by atoms with E-state index in [1.54, 1.807) is 24.3 Å². The molecule has 0 saturated carbocycles. The van der Waals surface area contributed by atoms with E-state index < -0.39 is 0 Å². The Morgan fingerprint density at radius 1 is 1.14 bits per heavy atom. The van der Waals surface area contributed by atoms with E-state index in [0.717, 1.165) is 10.2 Å². The molecule has 0 aliphatic rings. The molecule has 0 fully saturated rings. The van der Waals surface area contributed by atoms with E-state index in [9.17, 15) is 4.79 Å². The lowest BCUT2D eigenvalue weighted by Gasteiger charge is -2.10. The number of para-hydroxylation sites is 1. The van der Waals surface area contributed by atoms with Crippen LogP contribution in [-0.2, 0) is 0 Å². The minimum atomic E-state index is -0.284. The van der Waals surface area contributed by atoms with Gasteiger partial charge in [0, 0.05) is 10.7 Å². The van der Waals surface area contributed by atoms with Gasteiger partial charge in [-0.2, -0.15) is 0 Å². The normalized spacial score (nSPS) is 10.0. The van der Waals surface area contributed by atoms with Gasteiger partial charge >= 0.3 is 6.03 Å². The van der Waals surface area contributed by atoms with Gasteiger partial charge in [-0.15, -0.1) is 0 Å². The minimum absolute atomic E-state index is 0.284. The van der Waals surface area contributed by atoms with Crippen molar-refractivity contribution in [2.75, 3.05) is 18.5 Å². The first-order chi connectivity index (χ1) is 10.1. The van der Waals surface area contributed by atoms with Crippen molar-refractivity contribution in [1.29, 1.82) is 0 Å². The Morgan fingerprint density at radius 3 is 2.57 bits per heavy atom. The third-order valence-electron chi connectivity index (χ3n) is 2.58. The molecule has 0 unspecified atom stereocenters. The molecule has 0 bridgehead atoms. The Hall–Kier alpha value is -1.72. The summed E-state index contributed by atoms with van der Waals surface area (Å²) in [6, 6.07) is 14.2. The minimum Gasteiger partial charge on any atom is -0.491 e. The lowest BCUT2D eigenvalue weighted by Crippen LogP contribution is -2.32. The van der Waals surface area contributed by atoms with E-state index in [1.165, 1.54) is 0 Å². The van der Waals surface area contributed by atoms with Gasteiger partial charge in [-0.3, -0.25) is 0 Å². The molecule has 0 atom stereocenters. The summed E-state index contributed by atoms with van der Waals surface area (Å²) in [5, 5.41) is 6.05. The Balaban J connectivity index is 1.70. The fourth-order valence-corrected chi connectivity index (χ4v) is 2.12. The first-order valence-corrected chi connectivity index (χ1v) is 7.50. The Kier molecular flexibility index (Phi) is 5.90. The Morgan fingerprint density at radius 2 is 1.86 bits per heavy atom. The van der Waals surface area contributed by atoms with Crippen molar-refractivity contribution in [3.8, 4) is 5.75 Å². The molecule has 6 heteroatoms. The van der Waals surface area contributed by atoms with Gasteiger partial charge in [0.15, 0.2) is 0 Å². The highest BCUT2D eigenvalue weighted by atomic mass is 79.9. The van der Waals surface area contributed by atoms with E-state index in [-0.39, 0.29) is 6.03 Å². The predicted molar refractivity (Wildman–Crippen MR) is 88.1 cm³/mol. The highest BCUT2D eigenvalue weighted by Gasteiger charge is 2.02. The van der Waals surface area contributed by atoms with Crippen LogP contribution in [-0.4, -0.2) is 19.2 Å². The molecule has 0 radical (unpaired) electrons. The van der Waals surface area contributed by atoms with Crippen LogP contribution in [0.2, 0.25) is 5.02 Å². The van der Waals surface area contributed by atoms with E-state index >= 15 is 0 Å². The molecule has 2 N–H and O–H groups in total. The lowest BCUT2D eigenvalue weighted by atomic mass is 10.3. The second kappa shape index (κ2) is 7.90. The fraction of sp³-hybridized carbons (Fsp3) is 0.133. The average molecular weight is 370 g/mol. The molecular weight excluding hydrogens is 356 g/mol. The van der Waals surface area contributed by atoms with Crippen LogP contribution in [0, 0.1) is 0 Å². The summed E-state index contributed by atoms with van der Waals surface area (Å²) in [7, 11) is 0. The van der Waals surface area contributed by atoms with Crippen LogP contribution in [0.5, 0.6) is 5.75 Å². The first kappa shape index (κ1) is 15.7. The second-order valence-electron chi connectivity index (χ2n) is 4.17. The number of amides is 2. The number of carbonyl (C=O) groups is 1. The van der Waals surface area contributed by atoms with Crippen LogP contribution < -0.4 is 15.4 Å².